The number of carbonyl (C=O) groups excluding carboxylic acids is 2. The second-order valence-corrected chi connectivity index (χ2v) is 3.75. The van der Waals surface area contributed by atoms with Gasteiger partial charge in [-0.05, 0) is 18.2 Å². The molecule has 0 aliphatic heterocycles. The number of alkyl halides is 1. The molecule has 18 heavy (non-hydrogen) atoms. The van der Waals surface area contributed by atoms with Crippen molar-refractivity contribution in [2.45, 2.75) is 6.42 Å². The summed E-state index contributed by atoms with van der Waals surface area (Å²) in [6.07, 6.45) is 0.0235. The van der Waals surface area contributed by atoms with Gasteiger partial charge in [-0.1, -0.05) is 6.07 Å². The molecular formula is C12H13ClFNO3. The first kappa shape index (κ1) is 14.4. The normalized spacial score (nSPS) is 9.94. The van der Waals surface area contributed by atoms with E-state index in [2.05, 4.69) is 4.74 Å². The lowest BCUT2D eigenvalue weighted by molar-refractivity contribution is -0.140. The van der Waals surface area contributed by atoms with Crippen LogP contribution in [-0.4, -0.2) is 31.4 Å². The fourth-order valence-corrected chi connectivity index (χ4v) is 1.56. The lowest BCUT2D eigenvalue weighted by atomic mass is 10.2. The molecule has 0 atom stereocenters. The fraction of sp³-hybridized carbons (Fsp3) is 0.333. The van der Waals surface area contributed by atoms with Crippen molar-refractivity contribution in [3.05, 3.63) is 30.1 Å². The molecule has 1 amide bonds. The number of halogens is 2. The van der Waals surface area contributed by atoms with Crippen LogP contribution in [0.1, 0.15) is 6.42 Å². The lowest BCUT2D eigenvalue weighted by Gasteiger charge is -2.21. The van der Waals surface area contributed by atoms with E-state index >= 15 is 0 Å². The molecule has 0 saturated carbocycles. The topological polar surface area (TPSA) is 46.6 Å². The van der Waals surface area contributed by atoms with Gasteiger partial charge in [0.1, 0.15) is 11.7 Å². The third-order valence-electron chi connectivity index (χ3n) is 2.30. The van der Waals surface area contributed by atoms with Crippen molar-refractivity contribution >= 4 is 29.2 Å². The molecule has 1 aromatic rings. The van der Waals surface area contributed by atoms with E-state index in [1.165, 1.54) is 30.2 Å². The van der Waals surface area contributed by atoms with Crippen molar-refractivity contribution in [2.24, 2.45) is 0 Å². The van der Waals surface area contributed by atoms with Gasteiger partial charge in [0.15, 0.2) is 0 Å². The number of benzene rings is 1. The molecule has 0 aliphatic rings. The van der Waals surface area contributed by atoms with Crippen molar-refractivity contribution in [2.75, 3.05) is 24.4 Å². The summed E-state index contributed by atoms with van der Waals surface area (Å²) in [5.41, 5.74) is 0.365. The number of carbonyl (C=O) groups is 2. The molecule has 0 bridgehead atoms. The third kappa shape index (κ3) is 4.00. The summed E-state index contributed by atoms with van der Waals surface area (Å²) in [5.74, 6) is -1.54. The Bertz CT molecular complexity index is 439. The number of hydrogen-bond acceptors (Lipinski definition) is 3. The highest BCUT2D eigenvalue weighted by Crippen LogP contribution is 2.16. The Balaban J connectivity index is 2.85. The van der Waals surface area contributed by atoms with Crippen LogP contribution < -0.4 is 4.90 Å². The van der Waals surface area contributed by atoms with Gasteiger partial charge in [0, 0.05) is 12.2 Å². The quantitative estimate of drug-likeness (QED) is 0.609. The van der Waals surface area contributed by atoms with Gasteiger partial charge in [0.25, 0.3) is 0 Å². The molecule has 0 aliphatic carbocycles. The van der Waals surface area contributed by atoms with E-state index in [1.807, 2.05) is 0 Å². The molecule has 0 spiro atoms. The maximum absolute atomic E-state index is 13.1. The Hall–Kier alpha value is -1.62. The Morgan fingerprint density at radius 1 is 1.44 bits per heavy atom. The zero-order valence-electron chi connectivity index (χ0n) is 9.86. The second kappa shape index (κ2) is 6.96. The smallest absolute Gasteiger partial charge is 0.307 e. The first-order valence-corrected chi connectivity index (χ1v) is 5.80. The number of hydrogen-bond donors (Lipinski definition) is 0. The number of anilines is 1. The van der Waals surface area contributed by atoms with E-state index in [9.17, 15) is 14.0 Å². The van der Waals surface area contributed by atoms with E-state index < -0.39 is 17.7 Å². The predicted molar refractivity (Wildman–Crippen MR) is 66.1 cm³/mol. The Labute approximate surface area is 109 Å². The van der Waals surface area contributed by atoms with Crippen molar-refractivity contribution < 1.29 is 18.7 Å². The molecule has 0 aromatic heterocycles. The molecular weight excluding hydrogens is 261 g/mol. The maximum Gasteiger partial charge on any atom is 0.307 e. The van der Waals surface area contributed by atoms with E-state index in [0.717, 1.165) is 0 Å². The zero-order chi connectivity index (χ0) is 13.5. The summed E-state index contributed by atoms with van der Waals surface area (Å²) >= 11 is 5.48. The number of rotatable bonds is 5. The monoisotopic (exact) mass is 273 g/mol. The van der Waals surface area contributed by atoms with Gasteiger partial charge in [-0.3, -0.25) is 9.59 Å². The van der Waals surface area contributed by atoms with Crippen LogP contribution >= 0.6 is 11.6 Å². The second-order valence-electron chi connectivity index (χ2n) is 3.49. The van der Waals surface area contributed by atoms with Crippen LogP contribution in [0.4, 0.5) is 10.1 Å². The van der Waals surface area contributed by atoms with Gasteiger partial charge < -0.3 is 9.64 Å². The average Bonchev–Trinajstić information content (AvgIpc) is 2.38. The molecule has 6 heteroatoms. The summed E-state index contributed by atoms with van der Waals surface area (Å²) in [6, 6.07) is 5.54. The number of methoxy groups -OCH3 is 1. The molecule has 0 saturated heterocycles. The average molecular weight is 274 g/mol. The summed E-state index contributed by atoms with van der Waals surface area (Å²) in [5, 5.41) is 0. The molecule has 0 fully saturated rings. The summed E-state index contributed by atoms with van der Waals surface area (Å²) in [7, 11) is 1.26. The summed E-state index contributed by atoms with van der Waals surface area (Å²) in [4.78, 5) is 24.0. The molecule has 1 aromatic carbocycles. The molecule has 0 unspecified atom stereocenters. The maximum atomic E-state index is 13.1. The van der Waals surface area contributed by atoms with Gasteiger partial charge in [-0.15, -0.1) is 11.6 Å². The van der Waals surface area contributed by atoms with Crippen molar-refractivity contribution in [3.8, 4) is 0 Å². The molecule has 0 heterocycles. The van der Waals surface area contributed by atoms with Crippen molar-refractivity contribution in [3.63, 3.8) is 0 Å². The van der Waals surface area contributed by atoms with Crippen LogP contribution in [0.3, 0.4) is 0 Å². The molecule has 98 valence electrons. The molecule has 4 nitrogen and oxygen atoms in total. The predicted octanol–water partition coefficient (Wildman–Crippen LogP) is 1.96. The summed E-state index contributed by atoms with van der Waals surface area (Å²) in [6.45, 7) is 0.0989. The molecule has 1 rings (SSSR count). The van der Waals surface area contributed by atoms with Gasteiger partial charge in [-0.25, -0.2) is 4.39 Å². The number of ether oxygens (including phenoxy) is 1. The van der Waals surface area contributed by atoms with Crippen molar-refractivity contribution in [1.29, 1.82) is 0 Å². The Kier molecular flexibility index (Phi) is 5.58. The minimum atomic E-state index is -0.460. The molecule has 0 N–H and O–H groups in total. The Morgan fingerprint density at radius 2 is 2.17 bits per heavy atom. The standard InChI is InChI=1S/C12H13ClFNO3/c1-18-12(17)5-6-15(11(16)8-13)10-4-2-3-9(14)7-10/h2-4,7H,5-6,8H2,1H3. The lowest BCUT2D eigenvalue weighted by Crippen LogP contribution is -2.34. The minimum absolute atomic E-state index is 0.0235. The van der Waals surface area contributed by atoms with Gasteiger partial charge in [0.2, 0.25) is 5.91 Å². The van der Waals surface area contributed by atoms with Crippen molar-refractivity contribution in [1.82, 2.24) is 0 Å². The van der Waals surface area contributed by atoms with Gasteiger partial charge >= 0.3 is 5.97 Å². The number of nitrogens with zero attached hydrogens (tertiary/aromatic N) is 1. The van der Waals surface area contributed by atoms with E-state index in [1.54, 1.807) is 6.07 Å². The fourth-order valence-electron chi connectivity index (χ4n) is 1.42. The van der Waals surface area contributed by atoms with Crippen LogP contribution in [-0.2, 0) is 14.3 Å². The SMILES string of the molecule is COC(=O)CCN(C(=O)CCl)c1cccc(F)c1. The van der Waals surface area contributed by atoms with Crippen LogP contribution in [0.5, 0.6) is 0 Å². The van der Waals surface area contributed by atoms with Crippen LogP contribution in [0.25, 0.3) is 0 Å². The van der Waals surface area contributed by atoms with E-state index in [4.69, 9.17) is 11.6 Å². The van der Waals surface area contributed by atoms with Crippen LogP contribution in [0.2, 0.25) is 0 Å². The van der Waals surface area contributed by atoms with E-state index in [-0.39, 0.29) is 18.8 Å². The van der Waals surface area contributed by atoms with Crippen LogP contribution in [0.15, 0.2) is 24.3 Å². The highest BCUT2D eigenvalue weighted by atomic mass is 35.5. The Morgan fingerprint density at radius 3 is 2.72 bits per heavy atom. The first-order chi connectivity index (χ1) is 8.58. The first-order valence-electron chi connectivity index (χ1n) is 5.27. The largest absolute Gasteiger partial charge is 0.469 e. The van der Waals surface area contributed by atoms with E-state index in [0.29, 0.717) is 5.69 Å². The highest BCUT2D eigenvalue weighted by Gasteiger charge is 2.16. The van der Waals surface area contributed by atoms with Crippen LogP contribution in [0, 0.1) is 5.82 Å². The summed E-state index contributed by atoms with van der Waals surface area (Å²) < 4.78 is 17.6. The van der Waals surface area contributed by atoms with Gasteiger partial charge in [-0.2, -0.15) is 0 Å². The number of esters is 1. The third-order valence-corrected chi connectivity index (χ3v) is 2.53. The number of amides is 1. The zero-order valence-corrected chi connectivity index (χ0v) is 10.6. The van der Waals surface area contributed by atoms with Gasteiger partial charge in [0.05, 0.1) is 13.5 Å². The highest BCUT2D eigenvalue weighted by molar-refractivity contribution is 6.29. The minimum Gasteiger partial charge on any atom is -0.469 e. The molecule has 0 radical (unpaired) electrons.